The zero-order valence-corrected chi connectivity index (χ0v) is 11.4. The van der Waals surface area contributed by atoms with Gasteiger partial charge < -0.3 is 9.84 Å². The Bertz CT molecular complexity index is 371. The van der Waals surface area contributed by atoms with E-state index in [2.05, 4.69) is 19.9 Å². The number of aliphatic hydroxyl groups is 1. The van der Waals surface area contributed by atoms with Crippen LogP contribution in [-0.2, 0) is 11.2 Å². The van der Waals surface area contributed by atoms with Crippen LogP contribution in [0.15, 0.2) is 24.3 Å². The Kier molecular flexibility index (Phi) is 4.79. The van der Waals surface area contributed by atoms with Gasteiger partial charge >= 0.3 is 0 Å². The number of fused-ring (bicyclic) bond motifs is 1. The van der Waals surface area contributed by atoms with Crippen LogP contribution in [0, 0.1) is 5.92 Å². The van der Waals surface area contributed by atoms with Gasteiger partial charge in [-0.3, -0.25) is 0 Å². The van der Waals surface area contributed by atoms with Gasteiger partial charge in [-0.25, -0.2) is 0 Å². The normalized spacial score (nSPS) is 23.1. The predicted molar refractivity (Wildman–Crippen MR) is 73.5 cm³/mol. The van der Waals surface area contributed by atoms with Crippen molar-refractivity contribution in [1.29, 1.82) is 0 Å². The molecule has 1 aliphatic carbocycles. The first-order chi connectivity index (χ1) is 8.76. The molecule has 18 heavy (non-hydrogen) atoms. The number of hydrogen-bond acceptors (Lipinski definition) is 2. The lowest BCUT2D eigenvalue weighted by Crippen LogP contribution is -2.29. The van der Waals surface area contributed by atoms with Crippen molar-refractivity contribution in [2.45, 2.75) is 51.7 Å². The second kappa shape index (κ2) is 6.35. The third-order valence-corrected chi connectivity index (χ3v) is 4.12. The summed E-state index contributed by atoms with van der Waals surface area (Å²) in [6, 6.07) is 8.16. The third kappa shape index (κ3) is 2.93. The van der Waals surface area contributed by atoms with Crippen molar-refractivity contribution in [1.82, 2.24) is 0 Å². The molecule has 2 heteroatoms. The molecular formula is C16H24O2. The largest absolute Gasteiger partial charge is 0.386 e. The minimum Gasteiger partial charge on any atom is -0.386 e. The monoisotopic (exact) mass is 248 g/mol. The molecule has 100 valence electrons. The van der Waals surface area contributed by atoms with Crippen molar-refractivity contribution in [2.24, 2.45) is 5.92 Å². The van der Waals surface area contributed by atoms with Gasteiger partial charge in [0.2, 0.25) is 0 Å². The molecule has 0 saturated carbocycles. The molecule has 2 nitrogen and oxygen atoms in total. The summed E-state index contributed by atoms with van der Waals surface area (Å²) < 4.78 is 5.95. The highest BCUT2D eigenvalue weighted by Crippen LogP contribution is 2.32. The smallest absolute Gasteiger partial charge is 0.105 e. The van der Waals surface area contributed by atoms with Crippen LogP contribution in [-0.4, -0.2) is 17.8 Å². The molecule has 0 bridgehead atoms. The van der Waals surface area contributed by atoms with E-state index < -0.39 is 6.10 Å². The molecule has 0 spiro atoms. The molecule has 0 amide bonds. The molecule has 2 atom stereocenters. The van der Waals surface area contributed by atoms with Crippen molar-refractivity contribution < 1.29 is 9.84 Å². The van der Waals surface area contributed by atoms with Crippen LogP contribution >= 0.6 is 0 Å². The van der Waals surface area contributed by atoms with Gasteiger partial charge in [-0.2, -0.15) is 0 Å². The van der Waals surface area contributed by atoms with Crippen molar-refractivity contribution in [3.8, 4) is 0 Å². The van der Waals surface area contributed by atoms with Crippen molar-refractivity contribution >= 4 is 0 Å². The Hall–Kier alpha value is -0.860. The van der Waals surface area contributed by atoms with Crippen LogP contribution in [0.2, 0.25) is 0 Å². The first-order valence-corrected chi connectivity index (χ1v) is 7.13. The fraction of sp³-hybridized carbons (Fsp3) is 0.625. The fourth-order valence-electron chi connectivity index (χ4n) is 2.66. The lowest BCUT2D eigenvalue weighted by atomic mass is 9.87. The average molecular weight is 248 g/mol. The molecule has 0 aromatic heterocycles. The Morgan fingerprint density at radius 2 is 2.00 bits per heavy atom. The van der Waals surface area contributed by atoms with E-state index in [1.807, 2.05) is 18.2 Å². The first-order valence-electron chi connectivity index (χ1n) is 7.13. The van der Waals surface area contributed by atoms with Gasteiger partial charge in [0.25, 0.3) is 0 Å². The lowest BCUT2D eigenvalue weighted by Gasteiger charge is -2.31. The summed E-state index contributed by atoms with van der Waals surface area (Å²) >= 11 is 0. The van der Waals surface area contributed by atoms with Gasteiger partial charge in [-0.05, 0) is 29.9 Å². The zero-order chi connectivity index (χ0) is 13.0. The van der Waals surface area contributed by atoms with E-state index in [9.17, 15) is 5.11 Å². The summed E-state index contributed by atoms with van der Waals surface area (Å²) in [6.45, 7) is 5.17. The highest BCUT2D eigenvalue weighted by molar-refractivity contribution is 5.32. The van der Waals surface area contributed by atoms with Gasteiger partial charge in [0.15, 0.2) is 0 Å². The van der Waals surface area contributed by atoms with Crippen LogP contribution in [0.25, 0.3) is 0 Å². The number of ether oxygens (including phenoxy) is 1. The Labute approximate surface area is 110 Å². The molecule has 0 heterocycles. The summed E-state index contributed by atoms with van der Waals surface area (Å²) in [5.41, 5.74) is 2.32. The topological polar surface area (TPSA) is 29.5 Å². The second-order valence-corrected chi connectivity index (χ2v) is 5.24. The quantitative estimate of drug-likeness (QED) is 0.864. The summed E-state index contributed by atoms with van der Waals surface area (Å²) in [6.07, 6.45) is 3.76. The van der Waals surface area contributed by atoms with E-state index in [1.165, 1.54) is 5.56 Å². The summed E-state index contributed by atoms with van der Waals surface area (Å²) in [4.78, 5) is 0. The minimum atomic E-state index is -0.454. The molecular weight excluding hydrogens is 224 g/mol. The molecule has 0 fully saturated rings. The van der Waals surface area contributed by atoms with Crippen LogP contribution in [0.4, 0.5) is 0 Å². The number of aryl methyl sites for hydroxylation is 1. The van der Waals surface area contributed by atoms with Crippen LogP contribution in [0.3, 0.4) is 0 Å². The van der Waals surface area contributed by atoms with E-state index in [4.69, 9.17) is 4.74 Å². The van der Waals surface area contributed by atoms with Crippen LogP contribution in [0.5, 0.6) is 0 Å². The first kappa shape index (κ1) is 13.6. The van der Waals surface area contributed by atoms with Gasteiger partial charge in [0.05, 0.1) is 6.10 Å². The van der Waals surface area contributed by atoms with Crippen molar-refractivity contribution in [2.75, 3.05) is 6.61 Å². The standard InChI is InChI=1S/C16H24O2/c1-3-12(4-2)11-18-15-10-9-13-7-5-6-8-14(13)16(15)17/h5-8,12,15-17H,3-4,9-11H2,1-2H3. The van der Waals surface area contributed by atoms with E-state index in [0.717, 1.165) is 37.9 Å². The molecule has 0 saturated heterocycles. The third-order valence-electron chi connectivity index (χ3n) is 4.12. The molecule has 1 aliphatic rings. The van der Waals surface area contributed by atoms with Gasteiger partial charge in [0.1, 0.15) is 6.10 Å². The number of rotatable bonds is 5. The van der Waals surface area contributed by atoms with Crippen LogP contribution in [0.1, 0.15) is 50.3 Å². The zero-order valence-electron chi connectivity index (χ0n) is 11.4. The van der Waals surface area contributed by atoms with Gasteiger partial charge in [-0.1, -0.05) is 51.0 Å². The van der Waals surface area contributed by atoms with Crippen molar-refractivity contribution in [3.05, 3.63) is 35.4 Å². The maximum atomic E-state index is 10.4. The van der Waals surface area contributed by atoms with E-state index >= 15 is 0 Å². The Balaban J connectivity index is 1.97. The maximum absolute atomic E-state index is 10.4. The number of aliphatic hydroxyl groups excluding tert-OH is 1. The number of hydrogen-bond donors (Lipinski definition) is 1. The lowest BCUT2D eigenvalue weighted by molar-refractivity contribution is -0.0604. The molecule has 0 radical (unpaired) electrons. The second-order valence-electron chi connectivity index (χ2n) is 5.24. The molecule has 1 aromatic rings. The van der Waals surface area contributed by atoms with Gasteiger partial charge in [0, 0.05) is 6.61 Å². The minimum absolute atomic E-state index is 0.0273. The Morgan fingerprint density at radius 3 is 2.72 bits per heavy atom. The van der Waals surface area contributed by atoms with Crippen molar-refractivity contribution in [3.63, 3.8) is 0 Å². The molecule has 1 N–H and O–H groups in total. The predicted octanol–water partition coefficient (Wildman–Crippen LogP) is 3.49. The average Bonchev–Trinajstić information content (AvgIpc) is 2.42. The summed E-state index contributed by atoms with van der Waals surface area (Å²) in [7, 11) is 0. The Morgan fingerprint density at radius 1 is 1.28 bits per heavy atom. The summed E-state index contributed by atoms with van der Waals surface area (Å²) in [5, 5.41) is 10.4. The fourth-order valence-corrected chi connectivity index (χ4v) is 2.66. The molecule has 2 unspecified atom stereocenters. The van der Waals surface area contributed by atoms with Gasteiger partial charge in [-0.15, -0.1) is 0 Å². The highest BCUT2D eigenvalue weighted by Gasteiger charge is 2.28. The molecule has 2 rings (SSSR count). The SMILES string of the molecule is CCC(CC)COC1CCc2ccccc2C1O. The van der Waals surface area contributed by atoms with E-state index in [1.54, 1.807) is 0 Å². The number of benzene rings is 1. The van der Waals surface area contributed by atoms with E-state index in [0.29, 0.717) is 5.92 Å². The highest BCUT2D eigenvalue weighted by atomic mass is 16.5. The molecule has 1 aromatic carbocycles. The molecule has 0 aliphatic heterocycles. The van der Waals surface area contributed by atoms with Crippen LogP contribution < -0.4 is 0 Å². The maximum Gasteiger partial charge on any atom is 0.105 e. The summed E-state index contributed by atoms with van der Waals surface area (Å²) in [5.74, 6) is 0.620. The van der Waals surface area contributed by atoms with E-state index in [-0.39, 0.29) is 6.10 Å².